The molecule has 1 N–H and O–H groups in total. The summed E-state index contributed by atoms with van der Waals surface area (Å²) in [5.41, 5.74) is 3.05. The van der Waals surface area contributed by atoms with Crippen molar-refractivity contribution in [2.75, 3.05) is 5.32 Å². The molecule has 1 heterocycles. The third-order valence-electron chi connectivity index (χ3n) is 3.12. The van der Waals surface area contributed by atoms with Gasteiger partial charge in [-0.1, -0.05) is 44.0 Å². The van der Waals surface area contributed by atoms with E-state index in [4.69, 9.17) is 23.2 Å². The van der Waals surface area contributed by atoms with E-state index in [1.165, 1.54) is 0 Å². The zero-order valence-corrected chi connectivity index (χ0v) is 15.6. The van der Waals surface area contributed by atoms with Crippen LogP contribution in [0.25, 0.3) is 0 Å². The van der Waals surface area contributed by atoms with Gasteiger partial charge in [-0.2, -0.15) is 5.10 Å². The van der Waals surface area contributed by atoms with Crippen LogP contribution in [0, 0.1) is 0 Å². The molecular weight excluding hydrogens is 373 g/mol. The van der Waals surface area contributed by atoms with Crippen LogP contribution in [0.1, 0.15) is 32.0 Å². The summed E-state index contributed by atoms with van der Waals surface area (Å²) < 4.78 is 2.63. The van der Waals surface area contributed by atoms with Crippen molar-refractivity contribution in [2.24, 2.45) is 7.05 Å². The van der Waals surface area contributed by atoms with Crippen molar-refractivity contribution in [3.63, 3.8) is 0 Å². The number of hydrogen-bond acceptors (Lipinski definition) is 2. The summed E-state index contributed by atoms with van der Waals surface area (Å²) in [6.45, 7) is 7.12. The van der Waals surface area contributed by atoms with E-state index in [1.807, 2.05) is 30.1 Å². The van der Waals surface area contributed by atoms with Gasteiger partial charge >= 0.3 is 0 Å². The van der Waals surface area contributed by atoms with Crippen LogP contribution in [0.4, 0.5) is 5.69 Å². The van der Waals surface area contributed by atoms with Crippen LogP contribution in [-0.2, 0) is 19.0 Å². The molecular formula is C15H18BrCl2N3. The highest BCUT2D eigenvalue weighted by atomic mass is 79.9. The summed E-state index contributed by atoms with van der Waals surface area (Å²) in [6.07, 6.45) is 2.03. The zero-order valence-electron chi connectivity index (χ0n) is 12.5. The van der Waals surface area contributed by atoms with Crippen LogP contribution < -0.4 is 5.32 Å². The van der Waals surface area contributed by atoms with Crippen LogP contribution in [0.15, 0.2) is 22.8 Å². The topological polar surface area (TPSA) is 29.9 Å². The maximum atomic E-state index is 6.25. The van der Waals surface area contributed by atoms with Gasteiger partial charge in [0.1, 0.15) is 0 Å². The standard InChI is InChI=1S/C15H18BrCl2N3/c1-15(2,3)14-9(8-21(4)20-14)7-19-11-6-5-10(16)12(17)13(11)18/h5-6,8,19H,7H2,1-4H3. The molecule has 2 rings (SSSR count). The molecule has 0 aliphatic carbocycles. The van der Waals surface area contributed by atoms with Crippen LogP contribution in [-0.4, -0.2) is 9.78 Å². The molecule has 0 bridgehead atoms. The average molecular weight is 391 g/mol. The maximum Gasteiger partial charge on any atom is 0.0835 e. The molecule has 1 aromatic carbocycles. The average Bonchev–Trinajstić information content (AvgIpc) is 2.76. The molecule has 0 saturated heterocycles. The highest BCUT2D eigenvalue weighted by Crippen LogP contribution is 2.36. The van der Waals surface area contributed by atoms with Crippen molar-refractivity contribution in [3.8, 4) is 0 Å². The summed E-state index contributed by atoms with van der Waals surface area (Å²) >= 11 is 15.8. The fourth-order valence-corrected chi connectivity index (χ4v) is 2.99. The van der Waals surface area contributed by atoms with E-state index >= 15 is 0 Å². The molecule has 1 aromatic heterocycles. The molecule has 0 radical (unpaired) electrons. The van der Waals surface area contributed by atoms with Gasteiger partial charge in [-0.3, -0.25) is 4.68 Å². The SMILES string of the molecule is Cn1cc(CNc2ccc(Br)c(Cl)c2Cl)c(C(C)(C)C)n1. The van der Waals surface area contributed by atoms with Crippen molar-refractivity contribution in [3.05, 3.63) is 44.1 Å². The van der Waals surface area contributed by atoms with Crippen molar-refractivity contribution in [1.29, 1.82) is 0 Å². The van der Waals surface area contributed by atoms with Crippen molar-refractivity contribution in [1.82, 2.24) is 9.78 Å². The second-order valence-electron chi connectivity index (χ2n) is 6.00. The summed E-state index contributed by atoms with van der Waals surface area (Å²) in [5, 5.41) is 8.93. The van der Waals surface area contributed by atoms with E-state index in [2.05, 4.69) is 47.1 Å². The van der Waals surface area contributed by atoms with Crippen LogP contribution in [0.5, 0.6) is 0 Å². The second kappa shape index (κ2) is 6.19. The largest absolute Gasteiger partial charge is 0.380 e. The molecule has 0 aliphatic heterocycles. The van der Waals surface area contributed by atoms with Gasteiger partial charge in [-0.15, -0.1) is 0 Å². The van der Waals surface area contributed by atoms with Crippen molar-refractivity contribution in [2.45, 2.75) is 32.7 Å². The number of aryl methyl sites for hydroxylation is 1. The van der Waals surface area contributed by atoms with Gasteiger partial charge in [-0.25, -0.2) is 0 Å². The molecule has 6 heteroatoms. The minimum Gasteiger partial charge on any atom is -0.380 e. The zero-order chi connectivity index (χ0) is 15.8. The molecule has 0 amide bonds. The predicted octanol–water partition coefficient (Wildman–Crippen LogP) is 5.40. The molecule has 0 aliphatic rings. The lowest BCUT2D eigenvalue weighted by molar-refractivity contribution is 0.549. The van der Waals surface area contributed by atoms with Crippen molar-refractivity contribution < 1.29 is 0 Å². The number of anilines is 1. The van der Waals surface area contributed by atoms with Gasteiger partial charge < -0.3 is 5.32 Å². The Kier molecular flexibility index (Phi) is 4.91. The second-order valence-corrected chi connectivity index (χ2v) is 7.61. The predicted molar refractivity (Wildman–Crippen MR) is 93.4 cm³/mol. The van der Waals surface area contributed by atoms with Gasteiger partial charge in [0, 0.05) is 35.2 Å². The monoisotopic (exact) mass is 389 g/mol. The summed E-state index contributed by atoms with van der Waals surface area (Å²) in [5.74, 6) is 0. The highest BCUT2D eigenvalue weighted by Gasteiger charge is 2.21. The van der Waals surface area contributed by atoms with Gasteiger partial charge in [-0.05, 0) is 28.1 Å². The van der Waals surface area contributed by atoms with Crippen molar-refractivity contribution >= 4 is 44.8 Å². The maximum absolute atomic E-state index is 6.25. The molecule has 0 fully saturated rings. The molecule has 0 spiro atoms. The Morgan fingerprint density at radius 1 is 1.24 bits per heavy atom. The van der Waals surface area contributed by atoms with E-state index < -0.39 is 0 Å². The fraction of sp³-hybridized carbons (Fsp3) is 0.400. The van der Waals surface area contributed by atoms with E-state index in [1.54, 1.807) is 0 Å². The first-order valence-electron chi connectivity index (χ1n) is 6.60. The van der Waals surface area contributed by atoms with Crippen LogP contribution in [0.2, 0.25) is 10.0 Å². The lowest BCUT2D eigenvalue weighted by Crippen LogP contribution is -2.16. The summed E-state index contributed by atoms with van der Waals surface area (Å²) in [6, 6.07) is 3.79. The molecule has 0 saturated carbocycles. The van der Waals surface area contributed by atoms with Gasteiger partial charge in [0.25, 0.3) is 0 Å². The number of rotatable bonds is 3. The number of aromatic nitrogens is 2. The smallest absolute Gasteiger partial charge is 0.0835 e. The first-order chi connectivity index (χ1) is 9.70. The Hall–Kier alpha value is -0.710. The Bertz CT molecular complexity index is 660. The Balaban J connectivity index is 2.23. The van der Waals surface area contributed by atoms with Crippen LogP contribution in [0.3, 0.4) is 0 Å². The first kappa shape index (κ1) is 16.7. The molecule has 2 aromatic rings. The third kappa shape index (κ3) is 3.74. The van der Waals surface area contributed by atoms with Crippen LogP contribution >= 0.6 is 39.1 Å². The summed E-state index contributed by atoms with van der Waals surface area (Å²) in [4.78, 5) is 0. The molecule has 114 valence electrons. The lowest BCUT2D eigenvalue weighted by atomic mass is 9.89. The number of hydrogen-bond donors (Lipinski definition) is 1. The van der Waals surface area contributed by atoms with Gasteiger partial charge in [0.15, 0.2) is 0 Å². The highest BCUT2D eigenvalue weighted by molar-refractivity contribution is 9.10. The van der Waals surface area contributed by atoms with E-state index in [9.17, 15) is 0 Å². The van der Waals surface area contributed by atoms with Gasteiger partial charge in [0.2, 0.25) is 0 Å². The number of nitrogens with one attached hydrogen (secondary N) is 1. The van der Waals surface area contributed by atoms with E-state index in [0.717, 1.165) is 21.4 Å². The quantitative estimate of drug-likeness (QED) is 0.711. The third-order valence-corrected chi connectivity index (χ3v) is 4.89. The number of benzene rings is 1. The fourth-order valence-electron chi connectivity index (χ4n) is 2.15. The Morgan fingerprint density at radius 2 is 1.90 bits per heavy atom. The van der Waals surface area contributed by atoms with E-state index in [-0.39, 0.29) is 5.41 Å². The van der Waals surface area contributed by atoms with E-state index in [0.29, 0.717) is 16.6 Å². The molecule has 3 nitrogen and oxygen atoms in total. The summed E-state index contributed by atoms with van der Waals surface area (Å²) in [7, 11) is 1.93. The normalized spacial score (nSPS) is 11.8. The lowest BCUT2D eigenvalue weighted by Gasteiger charge is -2.18. The Labute approximate surface area is 143 Å². The minimum absolute atomic E-state index is 0.000566. The van der Waals surface area contributed by atoms with Gasteiger partial charge in [0.05, 0.1) is 21.4 Å². The number of halogens is 3. The minimum atomic E-state index is -0.000566. The molecule has 0 unspecified atom stereocenters. The molecule has 21 heavy (non-hydrogen) atoms. The molecule has 0 atom stereocenters. The Morgan fingerprint density at radius 3 is 2.52 bits per heavy atom. The first-order valence-corrected chi connectivity index (χ1v) is 8.15. The number of nitrogens with zero attached hydrogens (tertiary/aromatic N) is 2.